The quantitative estimate of drug-likeness (QED) is 0.580. The minimum absolute atomic E-state index is 0.0808. The van der Waals surface area contributed by atoms with Crippen molar-refractivity contribution < 1.29 is 28.5 Å². The Hall–Kier alpha value is -3.26. The maximum absolute atomic E-state index is 14.1. The number of fused-ring (bicyclic) bond motifs is 1. The van der Waals surface area contributed by atoms with Gasteiger partial charge in [0.2, 0.25) is 12.0 Å². The van der Waals surface area contributed by atoms with E-state index in [1.807, 2.05) is 42.5 Å². The molecule has 8 nitrogen and oxygen atoms in total. The molecule has 3 atom stereocenters. The Bertz CT molecular complexity index is 1060. The van der Waals surface area contributed by atoms with Crippen LogP contribution in [0.3, 0.4) is 0 Å². The van der Waals surface area contributed by atoms with Crippen molar-refractivity contribution in [2.45, 2.75) is 69.2 Å². The van der Waals surface area contributed by atoms with Gasteiger partial charge in [-0.2, -0.15) is 0 Å². The summed E-state index contributed by atoms with van der Waals surface area (Å²) in [4.78, 5) is 29.6. The van der Waals surface area contributed by atoms with E-state index in [0.29, 0.717) is 30.4 Å². The maximum atomic E-state index is 14.1. The average Bonchev–Trinajstić information content (AvgIpc) is 3.46. The van der Waals surface area contributed by atoms with Crippen molar-refractivity contribution in [1.82, 2.24) is 10.2 Å². The van der Waals surface area contributed by atoms with Gasteiger partial charge < -0.3 is 29.2 Å². The maximum Gasteiger partial charge on any atom is 0.268 e. The highest BCUT2D eigenvalue weighted by molar-refractivity contribution is 5.91. The number of ether oxygens (including phenoxy) is 4. The minimum Gasteiger partial charge on any atom is -0.497 e. The summed E-state index contributed by atoms with van der Waals surface area (Å²) < 4.78 is 23.2. The fourth-order valence-corrected chi connectivity index (χ4v) is 5.44. The van der Waals surface area contributed by atoms with Gasteiger partial charge in [-0.1, -0.05) is 43.5 Å². The lowest BCUT2D eigenvalue weighted by Gasteiger charge is -2.37. The second kappa shape index (κ2) is 11.9. The van der Waals surface area contributed by atoms with Crippen molar-refractivity contribution in [2.75, 3.05) is 26.9 Å². The molecule has 2 amide bonds. The molecule has 1 aliphatic carbocycles. The van der Waals surface area contributed by atoms with Crippen LogP contribution in [0, 0.1) is 0 Å². The largest absolute Gasteiger partial charge is 0.497 e. The lowest BCUT2D eigenvalue weighted by atomic mass is 9.94. The highest BCUT2D eigenvalue weighted by Crippen LogP contribution is 2.33. The zero-order valence-corrected chi connectivity index (χ0v) is 21.4. The van der Waals surface area contributed by atoms with Crippen LogP contribution in [0.4, 0.5) is 0 Å². The lowest BCUT2D eigenvalue weighted by Crippen LogP contribution is -2.54. The van der Waals surface area contributed by atoms with Crippen molar-refractivity contribution >= 4 is 11.8 Å². The van der Waals surface area contributed by atoms with Crippen molar-refractivity contribution in [3.63, 3.8) is 0 Å². The van der Waals surface area contributed by atoms with Gasteiger partial charge in [-0.15, -0.1) is 0 Å². The van der Waals surface area contributed by atoms with E-state index in [9.17, 15) is 9.59 Å². The number of carbonyl (C=O) groups is 2. The van der Waals surface area contributed by atoms with E-state index in [-0.39, 0.29) is 30.6 Å². The monoisotopic (exact) mass is 508 g/mol. The van der Waals surface area contributed by atoms with Gasteiger partial charge in [0.1, 0.15) is 18.4 Å². The number of benzene rings is 2. The number of hydrogen-bond donors (Lipinski definition) is 1. The molecule has 37 heavy (non-hydrogen) atoms. The number of nitrogens with one attached hydrogen (secondary N) is 1. The summed E-state index contributed by atoms with van der Waals surface area (Å²) in [6, 6.07) is 13.9. The Balaban J connectivity index is 1.46. The molecular weight excluding hydrogens is 472 g/mol. The van der Waals surface area contributed by atoms with Crippen LogP contribution in [0.5, 0.6) is 17.2 Å². The smallest absolute Gasteiger partial charge is 0.268 e. The molecule has 2 heterocycles. The first-order valence-corrected chi connectivity index (χ1v) is 13.4. The zero-order valence-electron chi connectivity index (χ0n) is 21.4. The van der Waals surface area contributed by atoms with E-state index >= 15 is 0 Å². The predicted octanol–water partition coefficient (Wildman–Crippen LogP) is 4.03. The van der Waals surface area contributed by atoms with E-state index in [1.165, 1.54) is 6.42 Å². The van der Waals surface area contributed by atoms with Crippen LogP contribution in [0.2, 0.25) is 0 Å². The molecule has 1 saturated carbocycles. The van der Waals surface area contributed by atoms with Crippen LogP contribution in [0.25, 0.3) is 0 Å². The van der Waals surface area contributed by atoms with Gasteiger partial charge in [0, 0.05) is 19.2 Å². The van der Waals surface area contributed by atoms with Gasteiger partial charge >= 0.3 is 0 Å². The topological polar surface area (TPSA) is 86.3 Å². The third-order valence-electron chi connectivity index (χ3n) is 7.43. The Kier molecular flexibility index (Phi) is 8.14. The molecule has 2 aromatic rings. The number of rotatable bonds is 8. The van der Waals surface area contributed by atoms with E-state index in [0.717, 1.165) is 44.1 Å². The molecule has 198 valence electrons. The molecule has 0 bridgehead atoms. The normalized spacial score (nSPS) is 22.2. The molecule has 0 aromatic heterocycles. The molecule has 1 N–H and O–H groups in total. The molecule has 0 unspecified atom stereocenters. The van der Waals surface area contributed by atoms with Crippen LogP contribution < -0.4 is 19.5 Å². The number of carbonyl (C=O) groups excluding carboxylic acids is 2. The summed E-state index contributed by atoms with van der Waals surface area (Å²) >= 11 is 0. The second-order valence-corrected chi connectivity index (χ2v) is 10.0. The highest BCUT2D eigenvalue weighted by Gasteiger charge is 2.40. The zero-order chi connectivity index (χ0) is 25.6. The summed E-state index contributed by atoms with van der Waals surface area (Å²) in [5.41, 5.74) is 0.720. The summed E-state index contributed by atoms with van der Waals surface area (Å²) in [6.07, 6.45) is 6.08. The van der Waals surface area contributed by atoms with E-state index in [2.05, 4.69) is 5.32 Å². The number of nitrogens with zero attached hydrogens (tertiary/aromatic N) is 1. The van der Waals surface area contributed by atoms with Crippen LogP contribution in [-0.4, -0.2) is 61.8 Å². The lowest BCUT2D eigenvalue weighted by molar-refractivity contribution is -0.150. The Labute approximate surface area is 218 Å². The van der Waals surface area contributed by atoms with Crippen molar-refractivity contribution in [2.24, 2.45) is 0 Å². The van der Waals surface area contributed by atoms with E-state index in [1.54, 1.807) is 18.1 Å². The molecule has 0 spiro atoms. The third-order valence-corrected chi connectivity index (χ3v) is 7.43. The first-order valence-electron chi connectivity index (χ1n) is 13.4. The molecule has 2 aromatic carbocycles. The standard InChI is InChI=1S/C29H36N2O6/c1-34-22-15-13-20(14-16-22)27(28(32)30-21-8-3-2-4-9-21)31(18-23-10-7-17-35-23)29(33)26-19-36-24-11-5-6-12-25(24)37-26/h5-6,11-16,21,23,26-27H,2-4,7-10,17-19H2,1H3,(H,30,32)/t23-,26-,27+/m0/s1. The molecule has 8 heteroatoms. The second-order valence-electron chi connectivity index (χ2n) is 10.0. The first kappa shape index (κ1) is 25.4. The Morgan fingerprint density at radius 1 is 1.00 bits per heavy atom. The van der Waals surface area contributed by atoms with Crippen LogP contribution in [-0.2, 0) is 14.3 Å². The fraction of sp³-hybridized carbons (Fsp3) is 0.517. The molecule has 2 fully saturated rings. The van der Waals surface area contributed by atoms with Gasteiger partial charge in [0.05, 0.1) is 13.2 Å². The summed E-state index contributed by atoms with van der Waals surface area (Å²) in [7, 11) is 1.60. The summed E-state index contributed by atoms with van der Waals surface area (Å²) in [5, 5.41) is 3.25. The molecule has 3 aliphatic rings. The molecule has 5 rings (SSSR count). The Morgan fingerprint density at radius 3 is 2.46 bits per heavy atom. The van der Waals surface area contributed by atoms with Crippen molar-refractivity contribution in [3.05, 3.63) is 54.1 Å². The summed E-state index contributed by atoms with van der Waals surface area (Å²) in [6.45, 7) is 1.04. The van der Waals surface area contributed by atoms with Gasteiger partial charge in [-0.25, -0.2) is 0 Å². The Morgan fingerprint density at radius 2 is 1.76 bits per heavy atom. The van der Waals surface area contributed by atoms with Gasteiger partial charge in [-0.3, -0.25) is 9.59 Å². The van der Waals surface area contributed by atoms with Gasteiger partial charge in [0.15, 0.2) is 11.5 Å². The van der Waals surface area contributed by atoms with E-state index < -0.39 is 12.1 Å². The number of amides is 2. The third kappa shape index (κ3) is 6.01. The summed E-state index contributed by atoms with van der Waals surface area (Å²) in [5.74, 6) is 1.36. The SMILES string of the molecule is COc1ccc([C@H](C(=O)NC2CCCCC2)N(C[C@@H]2CCCO2)C(=O)[C@@H]2COc3ccccc3O2)cc1. The number of methoxy groups -OCH3 is 1. The molecule has 0 radical (unpaired) electrons. The minimum atomic E-state index is -0.862. The molecule has 2 aliphatic heterocycles. The van der Waals surface area contributed by atoms with Crippen LogP contribution >= 0.6 is 0 Å². The van der Waals surface area contributed by atoms with Crippen LogP contribution in [0.1, 0.15) is 56.6 Å². The molecule has 1 saturated heterocycles. The van der Waals surface area contributed by atoms with Crippen LogP contribution in [0.15, 0.2) is 48.5 Å². The number of hydrogen-bond acceptors (Lipinski definition) is 6. The van der Waals surface area contributed by atoms with Crippen molar-refractivity contribution in [3.8, 4) is 17.2 Å². The highest BCUT2D eigenvalue weighted by atomic mass is 16.6. The average molecular weight is 509 g/mol. The molecular formula is C29H36N2O6. The first-order chi connectivity index (χ1) is 18.1. The van der Waals surface area contributed by atoms with Gasteiger partial charge in [0.25, 0.3) is 5.91 Å². The predicted molar refractivity (Wildman–Crippen MR) is 138 cm³/mol. The fourth-order valence-electron chi connectivity index (χ4n) is 5.44. The van der Waals surface area contributed by atoms with Crippen molar-refractivity contribution in [1.29, 1.82) is 0 Å². The number of para-hydroxylation sites is 2. The van der Waals surface area contributed by atoms with Gasteiger partial charge in [-0.05, 0) is 55.5 Å². The van der Waals surface area contributed by atoms with E-state index in [4.69, 9.17) is 18.9 Å².